The Labute approximate surface area is 137 Å². The monoisotopic (exact) mass is 313 g/mol. The van der Waals surface area contributed by atoms with Crippen LogP contribution < -0.4 is 5.73 Å². The van der Waals surface area contributed by atoms with Crippen LogP contribution in [0.25, 0.3) is 43.7 Å². The molecule has 4 nitrogen and oxygen atoms in total. The maximum atomic E-state index is 9.86. The summed E-state index contributed by atoms with van der Waals surface area (Å²) in [5.74, 6) is 0.273. The van der Waals surface area contributed by atoms with Crippen LogP contribution in [0, 0.1) is 0 Å². The molecule has 0 aliphatic carbocycles. The van der Waals surface area contributed by atoms with Gasteiger partial charge >= 0.3 is 0 Å². The zero-order valence-corrected chi connectivity index (χ0v) is 12.8. The van der Waals surface area contributed by atoms with Crippen molar-refractivity contribution in [2.45, 2.75) is 0 Å². The average molecular weight is 313 g/mol. The number of hydrogen-bond donors (Lipinski definition) is 4. The molecule has 0 saturated carbocycles. The summed E-state index contributed by atoms with van der Waals surface area (Å²) in [5, 5.41) is 14.3. The maximum Gasteiger partial charge on any atom is 0.116 e. The summed E-state index contributed by atoms with van der Waals surface area (Å²) in [6.45, 7) is 0. The van der Waals surface area contributed by atoms with Crippen molar-refractivity contribution < 1.29 is 5.11 Å². The van der Waals surface area contributed by atoms with E-state index in [4.69, 9.17) is 5.73 Å². The normalized spacial score (nSPS) is 11.7. The third kappa shape index (κ3) is 1.74. The van der Waals surface area contributed by atoms with Gasteiger partial charge in [-0.25, -0.2) is 0 Å². The highest BCUT2D eigenvalue weighted by Gasteiger charge is 2.14. The molecule has 0 saturated heterocycles. The lowest BCUT2D eigenvalue weighted by Gasteiger charge is -2.06. The van der Waals surface area contributed by atoms with Crippen LogP contribution >= 0.6 is 0 Å². The fraction of sp³-hybridized carbons (Fsp3) is 0. The van der Waals surface area contributed by atoms with Gasteiger partial charge in [-0.1, -0.05) is 12.1 Å². The van der Waals surface area contributed by atoms with Crippen LogP contribution in [-0.2, 0) is 0 Å². The van der Waals surface area contributed by atoms with Crippen LogP contribution in [-0.4, -0.2) is 15.1 Å². The topological polar surface area (TPSA) is 77.8 Å². The third-order valence-corrected chi connectivity index (χ3v) is 4.63. The molecular formula is C20H15N3O. The Morgan fingerprint density at radius 1 is 0.792 bits per heavy atom. The highest BCUT2D eigenvalue weighted by Crippen LogP contribution is 2.39. The van der Waals surface area contributed by atoms with Gasteiger partial charge in [-0.2, -0.15) is 0 Å². The Balaban J connectivity index is 1.93. The third-order valence-electron chi connectivity index (χ3n) is 4.63. The Morgan fingerprint density at radius 2 is 1.58 bits per heavy atom. The van der Waals surface area contributed by atoms with Gasteiger partial charge in [0.15, 0.2) is 0 Å². The summed E-state index contributed by atoms with van der Waals surface area (Å²) in [6, 6.07) is 15.5. The highest BCUT2D eigenvalue weighted by atomic mass is 16.3. The van der Waals surface area contributed by atoms with Crippen LogP contribution in [0.3, 0.4) is 0 Å². The first-order chi connectivity index (χ1) is 11.7. The van der Waals surface area contributed by atoms with E-state index in [2.05, 4.69) is 16.0 Å². The summed E-state index contributed by atoms with van der Waals surface area (Å²) in [4.78, 5) is 6.68. The summed E-state index contributed by atoms with van der Waals surface area (Å²) in [7, 11) is 0. The zero-order chi connectivity index (χ0) is 16.3. The van der Waals surface area contributed by atoms with Crippen molar-refractivity contribution in [3.63, 3.8) is 0 Å². The predicted molar refractivity (Wildman–Crippen MR) is 99.2 cm³/mol. The second kappa shape index (κ2) is 4.55. The number of aromatic amines is 2. The quantitative estimate of drug-likeness (QED) is 0.337. The molecule has 4 heteroatoms. The van der Waals surface area contributed by atoms with Gasteiger partial charge in [0.1, 0.15) is 5.75 Å². The van der Waals surface area contributed by atoms with Crippen molar-refractivity contribution in [3.8, 4) is 16.9 Å². The molecule has 0 radical (unpaired) electrons. The number of benzene rings is 3. The number of rotatable bonds is 1. The lowest BCUT2D eigenvalue weighted by Crippen LogP contribution is -1.85. The lowest BCUT2D eigenvalue weighted by atomic mass is 9.97. The number of H-pyrrole nitrogens is 2. The average Bonchev–Trinajstić information content (AvgIpc) is 3.18. The molecule has 0 fully saturated rings. The van der Waals surface area contributed by atoms with Gasteiger partial charge in [0.05, 0.1) is 0 Å². The Bertz CT molecular complexity index is 1210. The van der Waals surface area contributed by atoms with Crippen LogP contribution in [0.2, 0.25) is 0 Å². The number of phenols is 1. The van der Waals surface area contributed by atoms with E-state index < -0.39 is 0 Å². The van der Waals surface area contributed by atoms with Gasteiger partial charge in [0.2, 0.25) is 0 Å². The number of fused-ring (bicyclic) bond motifs is 5. The van der Waals surface area contributed by atoms with Crippen LogP contribution in [0.1, 0.15) is 0 Å². The SMILES string of the molecule is Nc1ccc(-c2cc3[nH]c4ccc(O)cc4c3c3c[nH]cc23)cc1. The van der Waals surface area contributed by atoms with Crippen LogP contribution in [0.5, 0.6) is 5.75 Å². The van der Waals surface area contributed by atoms with Gasteiger partial charge in [-0.3, -0.25) is 0 Å². The summed E-state index contributed by atoms with van der Waals surface area (Å²) >= 11 is 0. The molecule has 5 N–H and O–H groups in total. The van der Waals surface area contributed by atoms with Gasteiger partial charge < -0.3 is 20.8 Å². The molecule has 0 atom stereocenters. The summed E-state index contributed by atoms with van der Waals surface area (Å²) in [5.41, 5.74) is 10.9. The van der Waals surface area contributed by atoms with Crippen LogP contribution in [0.4, 0.5) is 5.69 Å². The zero-order valence-electron chi connectivity index (χ0n) is 12.8. The molecule has 2 aromatic heterocycles. The van der Waals surface area contributed by atoms with Crippen molar-refractivity contribution in [3.05, 3.63) is 60.9 Å². The Morgan fingerprint density at radius 3 is 2.42 bits per heavy atom. The van der Waals surface area contributed by atoms with Crippen molar-refractivity contribution in [1.82, 2.24) is 9.97 Å². The second-order valence-electron chi connectivity index (χ2n) is 6.11. The molecule has 2 heterocycles. The first kappa shape index (κ1) is 13.1. The van der Waals surface area contributed by atoms with Gasteiger partial charge in [0.25, 0.3) is 0 Å². The molecule has 3 aromatic carbocycles. The summed E-state index contributed by atoms with van der Waals surface area (Å²) < 4.78 is 0. The number of aromatic hydroxyl groups is 1. The Kier molecular flexibility index (Phi) is 2.48. The van der Waals surface area contributed by atoms with E-state index in [1.54, 1.807) is 6.07 Å². The van der Waals surface area contributed by atoms with E-state index in [1.165, 1.54) is 0 Å². The van der Waals surface area contributed by atoms with E-state index in [9.17, 15) is 5.11 Å². The van der Waals surface area contributed by atoms with Gasteiger partial charge in [0, 0.05) is 50.7 Å². The molecule has 0 spiro atoms. The standard InChI is InChI=1S/C20H15N3O/c21-12-3-1-11(2-4-12)14-8-19-20(17-10-22-9-16(14)17)15-7-13(24)5-6-18(15)23-19/h1-10,22-24H,21H2. The van der Waals surface area contributed by atoms with E-state index in [1.807, 2.05) is 48.8 Å². The van der Waals surface area contributed by atoms with Crippen molar-refractivity contribution in [2.24, 2.45) is 0 Å². The number of phenolic OH excluding ortho intramolecular Hbond substituents is 1. The van der Waals surface area contributed by atoms with Crippen LogP contribution in [0.15, 0.2) is 60.9 Å². The fourth-order valence-corrected chi connectivity index (χ4v) is 3.52. The maximum absolute atomic E-state index is 9.86. The number of nitrogens with one attached hydrogen (secondary N) is 2. The molecular weight excluding hydrogens is 298 g/mol. The molecule has 0 aliphatic rings. The molecule has 24 heavy (non-hydrogen) atoms. The van der Waals surface area contributed by atoms with E-state index in [0.29, 0.717) is 0 Å². The molecule has 0 bridgehead atoms. The van der Waals surface area contributed by atoms with Crippen molar-refractivity contribution in [1.29, 1.82) is 0 Å². The lowest BCUT2D eigenvalue weighted by molar-refractivity contribution is 0.476. The van der Waals surface area contributed by atoms with Crippen molar-refractivity contribution >= 4 is 38.3 Å². The minimum absolute atomic E-state index is 0.273. The predicted octanol–water partition coefficient (Wildman–Crippen LogP) is 4.76. The minimum Gasteiger partial charge on any atom is -0.508 e. The molecule has 5 rings (SSSR count). The molecule has 0 unspecified atom stereocenters. The summed E-state index contributed by atoms with van der Waals surface area (Å²) in [6.07, 6.45) is 4.03. The number of nitrogen functional groups attached to an aromatic ring is 1. The smallest absolute Gasteiger partial charge is 0.116 e. The minimum atomic E-state index is 0.273. The largest absolute Gasteiger partial charge is 0.508 e. The molecule has 5 aromatic rings. The molecule has 116 valence electrons. The van der Waals surface area contributed by atoms with Gasteiger partial charge in [-0.15, -0.1) is 0 Å². The van der Waals surface area contributed by atoms with E-state index in [-0.39, 0.29) is 5.75 Å². The van der Waals surface area contributed by atoms with E-state index >= 15 is 0 Å². The van der Waals surface area contributed by atoms with Gasteiger partial charge in [-0.05, 0) is 47.5 Å². The second-order valence-corrected chi connectivity index (χ2v) is 6.11. The molecule has 0 aliphatic heterocycles. The van der Waals surface area contributed by atoms with E-state index in [0.717, 1.165) is 49.4 Å². The molecule has 0 amide bonds. The number of nitrogens with two attached hydrogens (primary N) is 1. The van der Waals surface area contributed by atoms with Crippen molar-refractivity contribution in [2.75, 3.05) is 5.73 Å². The number of anilines is 1. The first-order valence-electron chi connectivity index (χ1n) is 7.80. The first-order valence-corrected chi connectivity index (χ1v) is 7.80. The fourth-order valence-electron chi connectivity index (χ4n) is 3.52. The number of hydrogen-bond acceptors (Lipinski definition) is 2. The number of aromatic nitrogens is 2. The highest BCUT2D eigenvalue weighted by molar-refractivity contribution is 6.23. The Hall–Kier alpha value is -3.40.